The highest BCUT2D eigenvalue weighted by atomic mass is 16.7. The van der Waals surface area contributed by atoms with Crippen LogP contribution in [0.3, 0.4) is 0 Å². The summed E-state index contributed by atoms with van der Waals surface area (Å²) in [6.07, 6.45) is 1.41. The van der Waals surface area contributed by atoms with Crippen LogP contribution in [0.15, 0.2) is 23.0 Å². The van der Waals surface area contributed by atoms with Crippen molar-refractivity contribution in [1.82, 2.24) is 9.63 Å². The van der Waals surface area contributed by atoms with Crippen molar-refractivity contribution in [1.29, 1.82) is 0 Å². The molecule has 5 heteroatoms. The van der Waals surface area contributed by atoms with Crippen molar-refractivity contribution in [3.63, 3.8) is 0 Å². The van der Waals surface area contributed by atoms with Crippen molar-refractivity contribution in [2.45, 2.75) is 18.9 Å². The average molecular weight is 222 g/mol. The number of fused-ring (bicyclic) bond motifs is 1. The number of amides is 1. The van der Waals surface area contributed by atoms with Gasteiger partial charge in [0.25, 0.3) is 11.5 Å². The Morgan fingerprint density at radius 3 is 3.00 bits per heavy atom. The molecule has 0 saturated carbocycles. The Kier molecular flexibility index (Phi) is 2.78. The van der Waals surface area contributed by atoms with E-state index in [1.165, 1.54) is 18.2 Å². The van der Waals surface area contributed by atoms with E-state index in [4.69, 9.17) is 4.84 Å². The Bertz CT molecular complexity index is 467. The van der Waals surface area contributed by atoms with Gasteiger partial charge in [0.2, 0.25) is 0 Å². The van der Waals surface area contributed by atoms with E-state index in [-0.39, 0.29) is 11.5 Å². The van der Waals surface area contributed by atoms with Gasteiger partial charge in [0.05, 0.1) is 7.11 Å². The van der Waals surface area contributed by atoms with Crippen molar-refractivity contribution < 1.29 is 9.63 Å². The molecule has 1 amide bonds. The number of likely N-dealkylation sites (N-methyl/N-ethyl adjacent to an activating group) is 1. The Morgan fingerprint density at radius 2 is 2.31 bits per heavy atom. The number of pyridine rings is 1. The summed E-state index contributed by atoms with van der Waals surface area (Å²) in [4.78, 5) is 28.5. The van der Waals surface area contributed by atoms with Crippen molar-refractivity contribution in [3.8, 4) is 0 Å². The SMILES string of the molecule is CON(C)C(=O)C1CCc2cccc(=O)n21. The molecule has 0 radical (unpaired) electrons. The van der Waals surface area contributed by atoms with Crippen molar-refractivity contribution >= 4 is 5.91 Å². The third-order valence-electron chi connectivity index (χ3n) is 2.93. The van der Waals surface area contributed by atoms with Gasteiger partial charge in [-0.15, -0.1) is 0 Å². The monoisotopic (exact) mass is 222 g/mol. The zero-order valence-electron chi connectivity index (χ0n) is 9.34. The summed E-state index contributed by atoms with van der Waals surface area (Å²) < 4.78 is 1.55. The summed E-state index contributed by atoms with van der Waals surface area (Å²) in [6.45, 7) is 0. The zero-order valence-corrected chi connectivity index (χ0v) is 9.34. The van der Waals surface area contributed by atoms with Crippen LogP contribution in [0.1, 0.15) is 18.2 Å². The lowest BCUT2D eigenvalue weighted by atomic mass is 10.2. The van der Waals surface area contributed by atoms with Crippen LogP contribution in [-0.4, -0.2) is 29.7 Å². The number of aromatic nitrogens is 1. The molecule has 0 aliphatic carbocycles. The van der Waals surface area contributed by atoms with Gasteiger partial charge < -0.3 is 4.57 Å². The summed E-state index contributed by atoms with van der Waals surface area (Å²) in [7, 11) is 2.98. The van der Waals surface area contributed by atoms with Crippen LogP contribution in [0.5, 0.6) is 0 Å². The number of carbonyl (C=O) groups excluding carboxylic acids is 1. The van der Waals surface area contributed by atoms with Crippen molar-refractivity contribution in [3.05, 3.63) is 34.2 Å². The Hall–Kier alpha value is -1.62. The van der Waals surface area contributed by atoms with E-state index in [1.807, 2.05) is 6.07 Å². The Morgan fingerprint density at radius 1 is 1.56 bits per heavy atom. The normalized spacial score (nSPS) is 18.2. The highest BCUT2D eigenvalue weighted by Crippen LogP contribution is 2.24. The van der Waals surface area contributed by atoms with Crippen molar-refractivity contribution in [2.24, 2.45) is 0 Å². The first-order chi connectivity index (χ1) is 7.65. The third kappa shape index (κ3) is 1.63. The smallest absolute Gasteiger partial charge is 0.269 e. The van der Waals surface area contributed by atoms with Gasteiger partial charge in [0.1, 0.15) is 6.04 Å². The van der Waals surface area contributed by atoms with Gasteiger partial charge in [-0.1, -0.05) is 6.07 Å². The van der Waals surface area contributed by atoms with Crippen LogP contribution in [0.4, 0.5) is 0 Å². The average Bonchev–Trinajstić information content (AvgIpc) is 2.72. The van der Waals surface area contributed by atoms with Crippen LogP contribution < -0.4 is 5.56 Å². The van der Waals surface area contributed by atoms with E-state index >= 15 is 0 Å². The van der Waals surface area contributed by atoms with E-state index in [9.17, 15) is 9.59 Å². The lowest BCUT2D eigenvalue weighted by molar-refractivity contribution is -0.172. The molecule has 1 unspecified atom stereocenters. The van der Waals surface area contributed by atoms with E-state index in [0.717, 1.165) is 12.1 Å². The van der Waals surface area contributed by atoms with E-state index in [0.29, 0.717) is 6.42 Å². The van der Waals surface area contributed by atoms with Gasteiger partial charge in [-0.2, -0.15) is 0 Å². The molecule has 0 saturated heterocycles. The highest BCUT2D eigenvalue weighted by molar-refractivity contribution is 5.79. The molecule has 16 heavy (non-hydrogen) atoms. The summed E-state index contributed by atoms with van der Waals surface area (Å²) in [6, 6.07) is 4.65. The maximum atomic E-state index is 11.9. The van der Waals surface area contributed by atoms with Crippen LogP contribution in [0, 0.1) is 0 Å². The van der Waals surface area contributed by atoms with Gasteiger partial charge in [-0.05, 0) is 18.9 Å². The molecule has 0 spiro atoms. The number of aryl methyl sites for hydroxylation is 1. The predicted octanol–water partition coefficient (Wildman–Crippen LogP) is 0.355. The molecule has 86 valence electrons. The van der Waals surface area contributed by atoms with E-state index in [2.05, 4.69) is 0 Å². The van der Waals surface area contributed by atoms with Crippen molar-refractivity contribution in [2.75, 3.05) is 14.2 Å². The van der Waals surface area contributed by atoms with Gasteiger partial charge in [-0.25, -0.2) is 5.06 Å². The molecular weight excluding hydrogens is 208 g/mol. The predicted molar refractivity (Wildman–Crippen MR) is 57.8 cm³/mol. The minimum Gasteiger partial charge on any atom is -0.300 e. The molecule has 0 bridgehead atoms. The number of rotatable bonds is 2. The van der Waals surface area contributed by atoms with Gasteiger partial charge >= 0.3 is 0 Å². The van der Waals surface area contributed by atoms with Crippen LogP contribution in [0.2, 0.25) is 0 Å². The standard InChI is InChI=1S/C11H14N2O3/c1-12(16-2)11(15)9-7-6-8-4-3-5-10(14)13(8)9/h3-5,9H,6-7H2,1-2H3. The lowest BCUT2D eigenvalue weighted by Crippen LogP contribution is -2.36. The number of nitrogens with zero attached hydrogens (tertiary/aromatic N) is 2. The zero-order chi connectivity index (χ0) is 11.7. The van der Waals surface area contributed by atoms with Crippen LogP contribution >= 0.6 is 0 Å². The summed E-state index contributed by atoms with van der Waals surface area (Å²) in [5.74, 6) is -0.186. The second kappa shape index (κ2) is 4.09. The first-order valence-electron chi connectivity index (χ1n) is 5.17. The van der Waals surface area contributed by atoms with E-state index < -0.39 is 6.04 Å². The minimum atomic E-state index is -0.423. The molecule has 1 aromatic rings. The molecular formula is C11H14N2O3. The summed E-state index contributed by atoms with van der Waals surface area (Å²) in [5.41, 5.74) is 0.785. The number of hydrogen-bond donors (Lipinski definition) is 0. The molecule has 2 rings (SSSR count). The second-order valence-corrected chi connectivity index (χ2v) is 3.80. The first kappa shape index (κ1) is 10.9. The van der Waals surface area contributed by atoms with Gasteiger partial charge in [-0.3, -0.25) is 14.4 Å². The Balaban J connectivity index is 2.37. The quantitative estimate of drug-likeness (QED) is 0.679. The van der Waals surface area contributed by atoms with Crippen LogP contribution in [0.25, 0.3) is 0 Å². The topological polar surface area (TPSA) is 51.5 Å². The molecule has 0 aromatic carbocycles. The number of hydrogen-bond acceptors (Lipinski definition) is 3. The molecule has 1 aliphatic heterocycles. The molecule has 0 fully saturated rings. The third-order valence-corrected chi connectivity index (χ3v) is 2.93. The fraction of sp³-hybridized carbons (Fsp3) is 0.455. The first-order valence-corrected chi connectivity index (χ1v) is 5.17. The minimum absolute atomic E-state index is 0.127. The molecule has 2 heterocycles. The maximum Gasteiger partial charge on any atom is 0.269 e. The Labute approximate surface area is 93.2 Å². The highest BCUT2D eigenvalue weighted by Gasteiger charge is 2.30. The fourth-order valence-electron chi connectivity index (χ4n) is 2.05. The lowest BCUT2D eigenvalue weighted by Gasteiger charge is -2.19. The molecule has 5 nitrogen and oxygen atoms in total. The molecule has 0 N–H and O–H groups in total. The largest absolute Gasteiger partial charge is 0.300 e. The van der Waals surface area contributed by atoms with E-state index in [1.54, 1.807) is 17.7 Å². The molecule has 1 atom stereocenters. The molecule has 1 aromatic heterocycles. The molecule has 1 aliphatic rings. The second-order valence-electron chi connectivity index (χ2n) is 3.80. The van der Waals surface area contributed by atoms with Gasteiger partial charge in [0.15, 0.2) is 0 Å². The number of hydroxylamine groups is 2. The maximum absolute atomic E-state index is 11.9. The number of carbonyl (C=O) groups is 1. The van der Waals surface area contributed by atoms with Gasteiger partial charge in [0, 0.05) is 18.8 Å². The fourth-order valence-corrected chi connectivity index (χ4v) is 2.05. The summed E-state index contributed by atoms with van der Waals surface area (Å²) in [5, 5.41) is 1.17. The summed E-state index contributed by atoms with van der Waals surface area (Å²) >= 11 is 0. The van der Waals surface area contributed by atoms with Crippen LogP contribution in [-0.2, 0) is 16.1 Å².